The Labute approximate surface area is 313 Å². The molecule has 0 saturated carbocycles. The van der Waals surface area contributed by atoms with E-state index in [1.165, 1.54) is 89.8 Å². The molecular weight excluding hydrogens is 641 g/mol. The van der Waals surface area contributed by atoms with Crippen LogP contribution in [0.5, 0.6) is 0 Å². The lowest BCUT2D eigenvalue weighted by Crippen LogP contribution is -2.36. The molecule has 4 aliphatic rings. The molecule has 2 heteroatoms. The molecule has 2 nitrogen and oxygen atoms in total. The number of anilines is 5. The summed E-state index contributed by atoms with van der Waals surface area (Å²) in [6.45, 7) is 4.61. The van der Waals surface area contributed by atoms with Crippen molar-refractivity contribution >= 4 is 28.4 Å². The summed E-state index contributed by atoms with van der Waals surface area (Å²) in [7, 11) is 0. The van der Waals surface area contributed by atoms with Crippen LogP contribution in [0.4, 0.5) is 28.4 Å². The van der Waals surface area contributed by atoms with Crippen molar-refractivity contribution in [2.75, 3.05) is 9.80 Å². The maximum absolute atomic E-state index is 2.54. The number of hydrogen-bond acceptors (Lipinski definition) is 2. The average Bonchev–Trinajstić information content (AvgIpc) is 3.50. The summed E-state index contributed by atoms with van der Waals surface area (Å²) < 4.78 is 0. The van der Waals surface area contributed by atoms with Gasteiger partial charge >= 0.3 is 0 Å². The summed E-state index contributed by atoms with van der Waals surface area (Å²) in [5.41, 5.74) is 20.6. The zero-order valence-corrected chi connectivity index (χ0v) is 30.4. The smallest absolute Gasteiger partial charge is 0.0755 e. The van der Waals surface area contributed by atoms with Crippen molar-refractivity contribution in [3.63, 3.8) is 0 Å². The van der Waals surface area contributed by atoms with Crippen LogP contribution in [0.2, 0.25) is 0 Å². The lowest BCUT2D eigenvalue weighted by Gasteiger charge is -2.45. The third-order valence-electron chi connectivity index (χ3n) is 12.0. The van der Waals surface area contributed by atoms with Gasteiger partial charge in [-0.25, -0.2) is 0 Å². The Hall–Kier alpha value is -6.12. The molecule has 0 bridgehead atoms. The highest BCUT2D eigenvalue weighted by Crippen LogP contribution is 2.63. The SMILES string of the molecule is CC1=C(C2=C(C)CCC(N(c3ccccc3)c3ccc4c(c3)C3(c5ccccc5-4)c4ccccc4N(c4ccccc4)c4ccccc43)=C2)CCC=C1. The molecule has 256 valence electrons. The molecule has 3 aliphatic carbocycles. The zero-order valence-electron chi connectivity index (χ0n) is 30.4. The maximum atomic E-state index is 2.54. The minimum Gasteiger partial charge on any atom is -0.314 e. The van der Waals surface area contributed by atoms with Gasteiger partial charge < -0.3 is 9.80 Å². The van der Waals surface area contributed by atoms with E-state index in [1.54, 1.807) is 0 Å². The lowest BCUT2D eigenvalue weighted by atomic mass is 9.64. The Morgan fingerprint density at radius 1 is 0.547 bits per heavy atom. The average molecular weight is 683 g/mol. The van der Waals surface area contributed by atoms with E-state index < -0.39 is 5.41 Å². The Balaban J connectivity index is 1.23. The minimum atomic E-state index is -0.498. The first-order valence-electron chi connectivity index (χ1n) is 19.1. The predicted octanol–water partition coefficient (Wildman–Crippen LogP) is 13.6. The summed E-state index contributed by atoms with van der Waals surface area (Å²) in [5, 5.41) is 0. The predicted molar refractivity (Wildman–Crippen MR) is 222 cm³/mol. The fraction of sp³-hybridized carbons (Fsp3) is 0.137. The van der Waals surface area contributed by atoms with Crippen LogP contribution in [0, 0.1) is 0 Å². The molecule has 53 heavy (non-hydrogen) atoms. The largest absolute Gasteiger partial charge is 0.314 e. The molecule has 0 aromatic heterocycles. The second-order valence-electron chi connectivity index (χ2n) is 14.8. The van der Waals surface area contributed by atoms with Gasteiger partial charge in [0.15, 0.2) is 0 Å². The van der Waals surface area contributed by atoms with E-state index in [0.717, 1.165) is 25.7 Å². The Kier molecular flexibility index (Phi) is 7.47. The highest BCUT2D eigenvalue weighted by molar-refractivity contribution is 5.96. The lowest BCUT2D eigenvalue weighted by molar-refractivity contribution is 0.752. The van der Waals surface area contributed by atoms with Gasteiger partial charge in [0.25, 0.3) is 0 Å². The molecule has 0 saturated heterocycles. The number of fused-ring (bicyclic) bond motifs is 9. The van der Waals surface area contributed by atoms with Crippen LogP contribution >= 0.6 is 0 Å². The Morgan fingerprint density at radius 3 is 1.89 bits per heavy atom. The van der Waals surface area contributed by atoms with Crippen LogP contribution < -0.4 is 9.80 Å². The third kappa shape index (κ3) is 4.78. The number of hydrogen-bond donors (Lipinski definition) is 0. The molecule has 1 heterocycles. The van der Waals surface area contributed by atoms with Gasteiger partial charge in [-0.05, 0) is 144 Å². The van der Waals surface area contributed by atoms with Gasteiger partial charge in [0.05, 0.1) is 16.8 Å². The number of benzene rings is 6. The van der Waals surface area contributed by atoms with Gasteiger partial charge in [-0.2, -0.15) is 0 Å². The van der Waals surface area contributed by atoms with Crippen LogP contribution in [0.25, 0.3) is 11.1 Å². The van der Waals surface area contributed by atoms with Gasteiger partial charge in [0.2, 0.25) is 0 Å². The standard InChI is InChI=1S/C51H42N2/c1-35-17-9-10-22-41(35)44-33-39(30-29-36(44)2)52(37-18-5-3-6-19-37)40-31-32-43-42-23-11-12-24-45(42)51(48(43)34-40)46-25-13-15-27-49(46)53(38-20-7-4-8-21-38)50-28-16-14-26-47(50)51/h3-9,11-21,23-28,31-34H,10,22,29-30H2,1-2H3. The quantitative estimate of drug-likeness (QED) is 0.178. The van der Waals surface area contributed by atoms with E-state index in [-0.39, 0.29) is 0 Å². The van der Waals surface area contributed by atoms with Gasteiger partial charge in [-0.1, -0.05) is 121 Å². The van der Waals surface area contributed by atoms with Crippen molar-refractivity contribution in [1.82, 2.24) is 0 Å². The molecule has 0 amide bonds. The number of allylic oxidation sites excluding steroid dienone is 8. The summed E-state index contributed by atoms with van der Waals surface area (Å²) in [4.78, 5) is 4.99. The molecule has 1 aliphatic heterocycles. The highest BCUT2D eigenvalue weighted by Gasteiger charge is 2.51. The van der Waals surface area contributed by atoms with E-state index in [4.69, 9.17) is 0 Å². The molecule has 10 rings (SSSR count). The third-order valence-corrected chi connectivity index (χ3v) is 12.0. The monoisotopic (exact) mass is 682 g/mol. The molecule has 0 N–H and O–H groups in total. The van der Waals surface area contributed by atoms with Crippen molar-refractivity contribution in [1.29, 1.82) is 0 Å². The second kappa shape index (κ2) is 12.5. The topological polar surface area (TPSA) is 6.48 Å². The van der Waals surface area contributed by atoms with Crippen LogP contribution in [-0.4, -0.2) is 0 Å². The Morgan fingerprint density at radius 2 is 1.17 bits per heavy atom. The molecule has 0 radical (unpaired) electrons. The van der Waals surface area contributed by atoms with Crippen LogP contribution in [0.3, 0.4) is 0 Å². The van der Waals surface area contributed by atoms with Gasteiger partial charge in [-0.15, -0.1) is 0 Å². The molecule has 0 unspecified atom stereocenters. The van der Waals surface area contributed by atoms with Crippen LogP contribution in [0.1, 0.15) is 61.8 Å². The fourth-order valence-corrected chi connectivity index (χ4v) is 9.61. The van der Waals surface area contributed by atoms with Crippen molar-refractivity contribution in [3.8, 4) is 11.1 Å². The zero-order chi connectivity index (χ0) is 35.5. The van der Waals surface area contributed by atoms with Gasteiger partial charge in [0, 0.05) is 22.8 Å². The molecule has 0 atom stereocenters. The van der Waals surface area contributed by atoms with Crippen LogP contribution in [-0.2, 0) is 5.41 Å². The summed E-state index contributed by atoms with van der Waals surface area (Å²) in [6.07, 6.45) is 11.4. The van der Waals surface area contributed by atoms with Crippen molar-refractivity contribution in [2.24, 2.45) is 0 Å². The normalized spacial score (nSPS) is 16.6. The molecule has 6 aromatic carbocycles. The first-order chi connectivity index (χ1) is 26.1. The number of para-hydroxylation sites is 4. The van der Waals surface area contributed by atoms with Crippen molar-refractivity contribution < 1.29 is 0 Å². The van der Waals surface area contributed by atoms with E-state index in [0.29, 0.717) is 0 Å². The second-order valence-corrected chi connectivity index (χ2v) is 14.8. The van der Waals surface area contributed by atoms with E-state index in [2.05, 4.69) is 194 Å². The summed E-state index contributed by atoms with van der Waals surface area (Å²) >= 11 is 0. The summed E-state index contributed by atoms with van der Waals surface area (Å²) in [5.74, 6) is 0. The number of rotatable bonds is 5. The number of nitrogens with zero attached hydrogens (tertiary/aromatic N) is 2. The first kappa shape index (κ1) is 31.6. The van der Waals surface area contributed by atoms with E-state index in [9.17, 15) is 0 Å². The Bertz CT molecular complexity index is 2480. The van der Waals surface area contributed by atoms with E-state index in [1.807, 2.05) is 0 Å². The minimum absolute atomic E-state index is 0.498. The fourth-order valence-electron chi connectivity index (χ4n) is 9.61. The first-order valence-corrected chi connectivity index (χ1v) is 19.1. The van der Waals surface area contributed by atoms with Gasteiger partial charge in [-0.3, -0.25) is 0 Å². The molecule has 1 spiro atoms. The highest BCUT2D eigenvalue weighted by atomic mass is 15.2. The van der Waals surface area contributed by atoms with Crippen molar-refractivity contribution in [2.45, 2.75) is 44.9 Å². The molecule has 0 fully saturated rings. The molecular formula is C51H42N2. The summed E-state index contributed by atoms with van der Waals surface area (Å²) in [6, 6.07) is 56.4. The van der Waals surface area contributed by atoms with Gasteiger partial charge in [0.1, 0.15) is 0 Å². The molecule has 6 aromatic rings. The van der Waals surface area contributed by atoms with Crippen LogP contribution in [0.15, 0.2) is 198 Å². The van der Waals surface area contributed by atoms with E-state index >= 15 is 0 Å². The van der Waals surface area contributed by atoms with Crippen molar-refractivity contribution in [3.05, 3.63) is 220 Å². The maximum Gasteiger partial charge on any atom is 0.0755 e.